The Kier molecular flexibility index (Phi) is 3.61. The van der Waals surface area contributed by atoms with Crippen LogP contribution in [0.15, 0.2) is 59.3 Å². The standard InChI is InChI=1S/C18H15FN4O3/c1-18(15-6-3-9-26-15)16(24)22(17(25)20-18)11-13-7-8-23(21-13)14-5-2-4-12(19)10-14/h2-10H,11H2,1H3,(H,20,25). The number of hydrogen-bond donors (Lipinski definition) is 1. The van der Waals surface area contributed by atoms with Crippen LogP contribution in [-0.2, 0) is 16.9 Å². The molecule has 0 aliphatic carbocycles. The maximum absolute atomic E-state index is 13.4. The van der Waals surface area contributed by atoms with Crippen molar-refractivity contribution in [1.29, 1.82) is 0 Å². The largest absolute Gasteiger partial charge is 0.466 e. The Balaban J connectivity index is 1.56. The molecule has 0 spiro atoms. The highest BCUT2D eigenvalue weighted by Gasteiger charge is 2.51. The molecule has 4 rings (SSSR count). The molecule has 1 unspecified atom stereocenters. The van der Waals surface area contributed by atoms with Crippen LogP contribution in [0.4, 0.5) is 9.18 Å². The van der Waals surface area contributed by atoms with Crippen molar-refractivity contribution < 1.29 is 18.4 Å². The van der Waals surface area contributed by atoms with Gasteiger partial charge in [-0.15, -0.1) is 0 Å². The lowest BCUT2D eigenvalue weighted by Gasteiger charge is -2.18. The van der Waals surface area contributed by atoms with Crippen LogP contribution >= 0.6 is 0 Å². The predicted molar refractivity (Wildman–Crippen MR) is 88.7 cm³/mol. The first-order chi connectivity index (χ1) is 12.5. The summed E-state index contributed by atoms with van der Waals surface area (Å²) in [5, 5.41) is 6.98. The van der Waals surface area contributed by atoms with Crippen LogP contribution in [0.2, 0.25) is 0 Å². The first kappa shape index (κ1) is 16.1. The zero-order valence-electron chi connectivity index (χ0n) is 13.8. The number of carbonyl (C=O) groups is 2. The summed E-state index contributed by atoms with van der Waals surface area (Å²) in [6.45, 7) is 1.60. The molecule has 1 saturated heterocycles. The van der Waals surface area contributed by atoms with Crippen molar-refractivity contribution in [2.45, 2.75) is 19.0 Å². The molecule has 3 aromatic rings. The summed E-state index contributed by atoms with van der Waals surface area (Å²) in [6.07, 6.45) is 3.09. The van der Waals surface area contributed by atoms with Gasteiger partial charge in [0.05, 0.1) is 24.2 Å². The lowest BCUT2D eigenvalue weighted by atomic mass is 9.99. The molecule has 1 atom stereocenters. The van der Waals surface area contributed by atoms with E-state index in [9.17, 15) is 14.0 Å². The van der Waals surface area contributed by atoms with Crippen LogP contribution in [0.5, 0.6) is 0 Å². The van der Waals surface area contributed by atoms with E-state index in [1.165, 1.54) is 23.1 Å². The second-order valence-corrected chi connectivity index (χ2v) is 6.16. The third kappa shape index (κ3) is 2.55. The van der Waals surface area contributed by atoms with Crippen LogP contribution in [0.3, 0.4) is 0 Å². The quantitative estimate of drug-likeness (QED) is 0.730. The van der Waals surface area contributed by atoms with E-state index < -0.39 is 17.5 Å². The Bertz CT molecular complexity index is 982. The van der Waals surface area contributed by atoms with Gasteiger partial charge in [-0.05, 0) is 43.3 Å². The van der Waals surface area contributed by atoms with Crippen molar-refractivity contribution in [2.75, 3.05) is 0 Å². The van der Waals surface area contributed by atoms with E-state index in [0.717, 1.165) is 4.90 Å². The van der Waals surface area contributed by atoms with Gasteiger partial charge >= 0.3 is 6.03 Å². The maximum Gasteiger partial charge on any atom is 0.325 e. The zero-order chi connectivity index (χ0) is 18.3. The zero-order valence-corrected chi connectivity index (χ0v) is 13.8. The number of urea groups is 1. The molecular weight excluding hydrogens is 339 g/mol. The van der Waals surface area contributed by atoms with Gasteiger partial charge in [-0.25, -0.2) is 13.9 Å². The van der Waals surface area contributed by atoms with E-state index in [1.54, 1.807) is 43.5 Å². The second-order valence-electron chi connectivity index (χ2n) is 6.16. The van der Waals surface area contributed by atoms with Crippen molar-refractivity contribution in [1.82, 2.24) is 20.0 Å². The van der Waals surface area contributed by atoms with E-state index in [2.05, 4.69) is 10.4 Å². The number of imide groups is 1. The smallest absolute Gasteiger partial charge is 0.325 e. The molecular formula is C18H15FN4O3. The van der Waals surface area contributed by atoms with Crippen molar-refractivity contribution in [3.63, 3.8) is 0 Å². The molecule has 8 heteroatoms. The molecule has 0 saturated carbocycles. The van der Waals surface area contributed by atoms with Gasteiger partial charge in [0.2, 0.25) is 0 Å². The number of aromatic nitrogens is 2. The van der Waals surface area contributed by atoms with Gasteiger partial charge in [-0.2, -0.15) is 5.10 Å². The Morgan fingerprint density at radius 3 is 2.81 bits per heavy atom. The number of amides is 3. The molecule has 3 heterocycles. The number of nitrogens with one attached hydrogen (secondary N) is 1. The maximum atomic E-state index is 13.4. The second kappa shape index (κ2) is 5.83. The number of hydrogen-bond acceptors (Lipinski definition) is 4. The molecule has 7 nitrogen and oxygen atoms in total. The van der Waals surface area contributed by atoms with E-state index in [1.807, 2.05) is 0 Å². The minimum Gasteiger partial charge on any atom is -0.466 e. The average molecular weight is 354 g/mol. The summed E-state index contributed by atoms with van der Waals surface area (Å²) in [5.74, 6) is -0.427. The lowest BCUT2D eigenvalue weighted by molar-refractivity contribution is -0.132. The van der Waals surface area contributed by atoms with E-state index in [0.29, 0.717) is 17.1 Å². The number of halogens is 1. The molecule has 1 fully saturated rings. The Hall–Kier alpha value is -3.42. The van der Waals surface area contributed by atoms with Crippen molar-refractivity contribution in [3.05, 3.63) is 72.2 Å². The molecule has 2 aromatic heterocycles. The molecule has 132 valence electrons. The normalized spacial score (nSPS) is 19.8. The molecule has 26 heavy (non-hydrogen) atoms. The molecule has 3 amide bonds. The number of carbonyl (C=O) groups excluding carboxylic acids is 2. The van der Waals surface area contributed by atoms with Crippen molar-refractivity contribution in [2.24, 2.45) is 0 Å². The highest BCUT2D eigenvalue weighted by molar-refractivity contribution is 6.06. The van der Waals surface area contributed by atoms with E-state index >= 15 is 0 Å². The van der Waals surface area contributed by atoms with Crippen LogP contribution in [0, 0.1) is 5.82 Å². The van der Waals surface area contributed by atoms with Crippen molar-refractivity contribution in [3.8, 4) is 5.69 Å². The van der Waals surface area contributed by atoms with Gasteiger partial charge < -0.3 is 9.73 Å². The number of benzene rings is 1. The van der Waals surface area contributed by atoms with Gasteiger partial charge in [-0.1, -0.05) is 6.07 Å². The predicted octanol–water partition coefficient (Wildman–Crippen LogP) is 2.57. The number of furan rings is 1. The highest BCUT2D eigenvalue weighted by Crippen LogP contribution is 2.29. The van der Waals surface area contributed by atoms with Crippen LogP contribution in [0.1, 0.15) is 18.4 Å². The fourth-order valence-electron chi connectivity index (χ4n) is 2.94. The highest BCUT2D eigenvalue weighted by atomic mass is 19.1. The SMILES string of the molecule is CC1(c2ccco2)NC(=O)N(Cc2ccn(-c3cccc(F)c3)n2)C1=O. The van der Waals surface area contributed by atoms with Crippen LogP contribution in [-0.4, -0.2) is 26.6 Å². The third-order valence-corrected chi connectivity index (χ3v) is 4.33. The molecule has 1 aliphatic heterocycles. The fraction of sp³-hybridized carbons (Fsp3) is 0.167. The monoisotopic (exact) mass is 354 g/mol. The number of rotatable bonds is 4. The number of nitrogens with zero attached hydrogens (tertiary/aromatic N) is 3. The molecule has 1 aliphatic rings. The van der Waals surface area contributed by atoms with Gasteiger partial charge in [0.15, 0.2) is 5.54 Å². The minimum atomic E-state index is -1.24. The van der Waals surface area contributed by atoms with Gasteiger partial charge in [0.25, 0.3) is 5.91 Å². The Labute approximate surface area is 148 Å². The molecule has 1 aromatic carbocycles. The summed E-state index contributed by atoms with van der Waals surface area (Å²) in [6, 6.07) is 10.4. The van der Waals surface area contributed by atoms with Crippen LogP contribution < -0.4 is 5.32 Å². The summed E-state index contributed by atoms with van der Waals surface area (Å²) >= 11 is 0. The van der Waals surface area contributed by atoms with E-state index in [4.69, 9.17) is 4.42 Å². The van der Waals surface area contributed by atoms with Gasteiger partial charge in [0.1, 0.15) is 11.6 Å². The molecule has 1 N–H and O–H groups in total. The third-order valence-electron chi connectivity index (χ3n) is 4.33. The Morgan fingerprint density at radius 1 is 1.23 bits per heavy atom. The Morgan fingerprint density at radius 2 is 2.08 bits per heavy atom. The van der Waals surface area contributed by atoms with Gasteiger partial charge in [-0.3, -0.25) is 9.69 Å². The summed E-state index contributed by atoms with van der Waals surface area (Å²) in [4.78, 5) is 26.1. The minimum absolute atomic E-state index is 0.00325. The van der Waals surface area contributed by atoms with Gasteiger partial charge in [0, 0.05) is 6.20 Å². The topological polar surface area (TPSA) is 80.4 Å². The average Bonchev–Trinajstić information content (AvgIpc) is 3.34. The lowest BCUT2D eigenvalue weighted by Crippen LogP contribution is -2.40. The molecule has 0 bridgehead atoms. The van der Waals surface area contributed by atoms with Crippen LogP contribution in [0.25, 0.3) is 5.69 Å². The summed E-state index contributed by atoms with van der Waals surface area (Å²) < 4.78 is 20.1. The first-order valence-electron chi connectivity index (χ1n) is 7.96. The fourth-order valence-corrected chi connectivity index (χ4v) is 2.94. The van der Waals surface area contributed by atoms with E-state index in [-0.39, 0.29) is 12.4 Å². The first-order valence-corrected chi connectivity index (χ1v) is 7.96. The van der Waals surface area contributed by atoms with Crippen molar-refractivity contribution >= 4 is 11.9 Å². The summed E-state index contributed by atoms with van der Waals surface area (Å²) in [5.41, 5.74) is -0.193. The molecule has 0 radical (unpaired) electrons. The summed E-state index contributed by atoms with van der Waals surface area (Å²) in [7, 11) is 0.